The van der Waals surface area contributed by atoms with Crippen LogP contribution in [-0.2, 0) is 11.3 Å². The number of esters is 1. The SMILES string of the molecule is Cc1ncc(N)cc1C(=O)OCc1ccc(F)cc1Br. The highest BCUT2D eigenvalue weighted by atomic mass is 79.9. The first-order valence-electron chi connectivity index (χ1n) is 5.80. The molecule has 2 rings (SSSR count). The Morgan fingerprint density at radius 1 is 1.45 bits per heavy atom. The van der Waals surface area contributed by atoms with Gasteiger partial charge in [-0.25, -0.2) is 9.18 Å². The summed E-state index contributed by atoms with van der Waals surface area (Å²) in [5, 5.41) is 0. The Morgan fingerprint density at radius 2 is 2.20 bits per heavy atom. The topological polar surface area (TPSA) is 65.2 Å². The fraction of sp³-hybridized carbons (Fsp3) is 0.143. The molecule has 4 nitrogen and oxygen atoms in total. The minimum atomic E-state index is -0.515. The molecule has 1 heterocycles. The van der Waals surface area contributed by atoms with Crippen LogP contribution >= 0.6 is 15.9 Å². The van der Waals surface area contributed by atoms with Crippen molar-refractivity contribution in [1.82, 2.24) is 4.98 Å². The molecule has 0 spiro atoms. The highest BCUT2D eigenvalue weighted by Crippen LogP contribution is 2.20. The molecule has 0 amide bonds. The van der Waals surface area contributed by atoms with Crippen LogP contribution in [0.2, 0.25) is 0 Å². The summed E-state index contributed by atoms with van der Waals surface area (Å²) in [6, 6.07) is 5.69. The standard InChI is InChI=1S/C14H12BrFN2O2/c1-8-12(5-11(17)6-18-8)14(19)20-7-9-2-3-10(16)4-13(9)15/h2-6H,7,17H2,1H3. The van der Waals surface area contributed by atoms with E-state index in [-0.39, 0.29) is 12.4 Å². The van der Waals surface area contributed by atoms with E-state index in [4.69, 9.17) is 10.5 Å². The third-order valence-corrected chi connectivity index (χ3v) is 3.44. The number of aromatic nitrogens is 1. The van der Waals surface area contributed by atoms with Gasteiger partial charge in [-0.15, -0.1) is 0 Å². The molecule has 1 aromatic carbocycles. The van der Waals surface area contributed by atoms with Gasteiger partial charge < -0.3 is 10.5 Å². The van der Waals surface area contributed by atoms with Crippen LogP contribution in [0.3, 0.4) is 0 Å². The van der Waals surface area contributed by atoms with Crippen molar-refractivity contribution in [2.75, 3.05) is 5.73 Å². The Labute approximate surface area is 123 Å². The van der Waals surface area contributed by atoms with Gasteiger partial charge in [-0.2, -0.15) is 0 Å². The second kappa shape index (κ2) is 6.00. The van der Waals surface area contributed by atoms with Crippen LogP contribution in [0, 0.1) is 12.7 Å². The van der Waals surface area contributed by atoms with Gasteiger partial charge in [0.05, 0.1) is 23.1 Å². The van der Waals surface area contributed by atoms with Gasteiger partial charge in [0.2, 0.25) is 0 Å². The van der Waals surface area contributed by atoms with Crippen LogP contribution in [0.15, 0.2) is 34.9 Å². The summed E-state index contributed by atoms with van der Waals surface area (Å²) >= 11 is 3.22. The fourth-order valence-electron chi connectivity index (χ4n) is 1.62. The molecule has 0 saturated carbocycles. The highest BCUT2D eigenvalue weighted by molar-refractivity contribution is 9.10. The van der Waals surface area contributed by atoms with E-state index in [9.17, 15) is 9.18 Å². The molecule has 6 heteroatoms. The zero-order valence-electron chi connectivity index (χ0n) is 10.7. The molecule has 0 unspecified atom stereocenters. The second-order valence-corrected chi connectivity index (χ2v) is 5.07. The zero-order chi connectivity index (χ0) is 14.7. The molecule has 0 bridgehead atoms. The third kappa shape index (κ3) is 3.33. The van der Waals surface area contributed by atoms with Gasteiger partial charge in [-0.1, -0.05) is 22.0 Å². The molecule has 0 fully saturated rings. The quantitative estimate of drug-likeness (QED) is 0.872. The Morgan fingerprint density at radius 3 is 2.90 bits per heavy atom. The van der Waals surface area contributed by atoms with Gasteiger partial charge in [0.1, 0.15) is 12.4 Å². The molecule has 0 aliphatic carbocycles. The molecule has 2 N–H and O–H groups in total. The summed E-state index contributed by atoms with van der Waals surface area (Å²) in [5.74, 6) is -0.874. The summed E-state index contributed by atoms with van der Waals surface area (Å²) in [4.78, 5) is 16.0. The van der Waals surface area contributed by atoms with Gasteiger partial charge in [0, 0.05) is 10.0 Å². The van der Waals surface area contributed by atoms with Crippen LogP contribution in [0.4, 0.5) is 10.1 Å². The maximum atomic E-state index is 12.9. The average molecular weight is 339 g/mol. The smallest absolute Gasteiger partial charge is 0.340 e. The first-order valence-corrected chi connectivity index (χ1v) is 6.60. The zero-order valence-corrected chi connectivity index (χ0v) is 12.3. The molecular weight excluding hydrogens is 327 g/mol. The van der Waals surface area contributed by atoms with Gasteiger partial charge in [0.25, 0.3) is 0 Å². The number of benzene rings is 1. The van der Waals surface area contributed by atoms with Crippen LogP contribution in [0.5, 0.6) is 0 Å². The normalized spacial score (nSPS) is 10.3. The van der Waals surface area contributed by atoms with E-state index >= 15 is 0 Å². The number of hydrogen-bond donors (Lipinski definition) is 1. The number of nitrogens with two attached hydrogens (primary N) is 1. The van der Waals surface area contributed by atoms with Crippen molar-refractivity contribution in [3.05, 3.63) is 57.6 Å². The van der Waals surface area contributed by atoms with E-state index in [0.717, 1.165) is 0 Å². The maximum Gasteiger partial charge on any atom is 0.340 e. The number of carbonyl (C=O) groups is 1. The Kier molecular flexibility index (Phi) is 4.34. The lowest BCUT2D eigenvalue weighted by atomic mass is 10.2. The molecule has 2 aromatic rings. The largest absolute Gasteiger partial charge is 0.457 e. The van der Waals surface area contributed by atoms with Crippen LogP contribution in [0.25, 0.3) is 0 Å². The summed E-state index contributed by atoms with van der Waals surface area (Å²) < 4.78 is 18.7. The molecule has 0 saturated heterocycles. The Bertz CT molecular complexity index is 662. The summed E-state index contributed by atoms with van der Waals surface area (Å²) in [6.07, 6.45) is 1.47. The Hall–Kier alpha value is -1.95. The van der Waals surface area contributed by atoms with E-state index in [1.54, 1.807) is 13.0 Å². The average Bonchev–Trinajstić information content (AvgIpc) is 2.40. The van der Waals surface area contributed by atoms with Crippen molar-refractivity contribution in [1.29, 1.82) is 0 Å². The number of rotatable bonds is 3. The van der Waals surface area contributed by atoms with E-state index in [1.807, 2.05) is 0 Å². The number of hydrogen-bond acceptors (Lipinski definition) is 4. The molecule has 0 aliphatic heterocycles. The molecule has 0 radical (unpaired) electrons. The molecule has 0 atom stereocenters. The van der Waals surface area contributed by atoms with Crippen LogP contribution in [-0.4, -0.2) is 11.0 Å². The molecule has 0 aliphatic rings. The van der Waals surface area contributed by atoms with Crippen molar-refractivity contribution >= 4 is 27.6 Å². The van der Waals surface area contributed by atoms with E-state index in [0.29, 0.717) is 27.0 Å². The lowest BCUT2D eigenvalue weighted by molar-refractivity contribution is 0.0470. The minimum absolute atomic E-state index is 0.0357. The van der Waals surface area contributed by atoms with Crippen molar-refractivity contribution in [3.63, 3.8) is 0 Å². The Balaban J connectivity index is 2.10. The fourth-order valence-corrected chi connectivity index (χ4v) is 2.08. The van der Waals surface area contributed by atoms with Crippen molar-refractivity contribution in [2.45, 2.75) is 13.5 Å². The van der Waals surface area contributed by atoms with E-state index < -0.39 is 5.97 Å². The van der Waals surface area contributed by atoms with Gasteiger partial charge >= 0.3 is 5.97 Å². The monoisotopic (exact) mass is 338 g/mol. The van der Waals surface area contributed by atoms with Crippen molar-refractivity contribution < 1.29 is 13.9 Å². The first-order chi connectivity index (χ1) is 9.47. The number of carbonyl (C=O) groups excluding carboxylic acids is 1. The lowest BCUT2D eigenvalue weighted by Gasteiger charge is -2.08. The summed E-state index contributed by atoms with van der Waals surface area (Å²) in [7, 11) is 0. The number of nitrogen functional groups attached to an aromatic ring is 1. The van der Waals surface area contributed by atoms with Gasteiger partial charge in [-0.3, -0.25) is 4.98 Å². The molecule has 104 valence electrons. The number of pyridine rings is 1. The summed E-state index contributed by atoms with van der Waals surface area (Å²) in [5.41, 5.74) is 7.53. The maximum absolute atomic E-state index is 12.9. The first kappa shape index (κ1) is 14.5. The van der Waals surface area contributed by atoms with Crippen LogP contribution < -0.4 is 5.73 Å². The lowest BCUT2D eigenvalue weighted by Crippen LogP contribution is -2.09. The number of aryl methyl sites for hydroxylation is 1. The van der Waals surface area contributed by atoms with E-state index in [1.165, 1.54) is 24.4 Å². The van der Waals surface area contributed by atoms with E-state index in [2.05, 4.69) is 20.9 Å². The number of ether oxygens (including phenoxy) is 1. The van der Waals surface area contributed by atoms with Crippen molar-refractivity contribution in [3.8, 4) is 0 Å². The molecule has 1 aromatic heterocycles. The van der Waals surface area contributed by atoms with Gasteiger partial charge in [0.15, 0.2) is 0 Å². The summed E-state index contributed by atoms with van der Waals surface area (Å²) in [6.45, 7) is 1.73. The number of anilines is 1. The second-order valence-electron chi connectivity index (χ2n) is 4.21. The predicted octanol–water partition coefficient (Wildman–Crippen LogP) is 3.23. The molecule has 20 heavy (non-hydrogen) atoms. The van der Waals surface area contributed by atoms with Gasteiger partial charge in [-0.05, 0) is 25.1 Å². The predicted molar refractivity (Wildman–Crippen MR) is 76.6 cm³/mol. The highest BCUT2D eigenvalue weighted by Gasteiger charge is 2.13. The van der Waals surface area contributed by atoms with Crippen LogP contribution in [0.1, 0.15) is 21.6 Å². The minimum Gasteiger partial charge on any atom is -0.457 e. The third-order valence-electron chi connectivity index (χ3n) is 2.70. The molecular formula is C14H12BrFN2O2. The number of nitrogens with zero attached hydrogens (tertiary/aromatic N) is 1. The number of halogens is 2. The van der Waals surface area contributed by atoms with Crippen molar-refractivity contribution in [2.24, 2.45) is 0 Å².